The zero-order valence-corrected chi connectivity index (χ0v) is 15.2. The Morgan fingerprint density at radius 2 is 1.75 bits per heavy atom. The number of para-hydroxylation sites is 1. The molecule has 0 saturated heterocycles. The van der Waals surface area contributed by atoms with Gasteiger partial charge in [0.05, 0.1) is 5.69 Å². The number of anilines is 3. The number of carbonyl (C=O) groups is 1. The predicted octanol–water partition coefficient (Wildman–Crippen LogP) is 4.76. The van der Waals surface area contributed by atoms with Gasteiger partial charge in [-0.1, -0.05) is 25.1 Å². The normalized spacial score (nSPS) is 10.6. The second kappa shape index (κ2) is 8.08. The standard InChI is InChI=1S/C20H17F3N4O/c1-3-12-6-4-5-7-14(12)26-20-24-11(2)10-16(27-20)19(28)25-15-9-8-13(21)17(22)18(15)23/h4-10H,3H2,1-2H3,(H,25,28)(H,24,26,27). The van der Waals surface area contributed by atoms with Gasteiger partial charge in [0.25, 0.3) is 5.91 Å². The van der Waals surface area contributed by atoms with Crippen molar-refractivity contribution >= 4 is 23.2 Å². The summed E-state index contributed by atoms with van der Waals surface area (Å²) in [5.74, 6) is -5.06. The number of nitrogens with zero attached hydrogens (tertiary/aromatic N) is 2. The first-order chi connectivity index (χ1) is 13.4. The van der Waals surface area contributed by atoms with Crippen LogP contribution in [0.4, 0.5) is 30.5 Å². The topological polar surface area (TPSA) is 66.9 Å². The van der Waals surface area contributed by atoms with E-state index in [9.17, 15) is 18.0 Å². The van der Waals surface area contributed by atoms with E-state index in [2.05, 4.69) is 20.6 Å². The van der Waals surface area contributed by atoms with Gasteiger partial charge in [-0.25, -0.2) is 23.1 Å². The molecule has 0 fully saturated rings. The van der Waals surface area contributed by atoms with E-state index in [0.717, 1.165) is 29.8 Å². The van der Waals surface area contributed by atoms with E-state index in [1.165, 1.54) is 6.07 Å². The van der Waals surface area contributed by atoms with E-state index in [0.29, 0.717) is 5.69 Å². The average Bonchev–Trinajstić information content (AvgIpc) is 2.68. The molecule has 2 N–H and O–H groups in total. The zero-order chi connectivity index (χ0) is 20.3. The molecule has 0 aliphatic heterocycles. The van der Waals surface area contributed by atoms with Crippen molar-refractivity contribution in [1.82, 2.24) is 9.97 Å². The van der Waals surface area contributed by atoms with Crippen molar-refractivity contribution in [3.63, 3.8) is 0 Å². The summed E-state index contributed by atoms with van der Waals surface area (Å²) in [5, 5.41) is 5.26. The summed E-state index contributed by atoms with van der Waals surface area (Å²) in [6, 6.07) is 10.7. The number of nitrogens with one attached hydrogen (secondary N) is 2. The molecule has 1 aromatic heterocycles. The van der Waals surface area contributed by atoms with Gasteiger partial charge in [-0.15, -0.1) is 0 Å². The second-order valence-electron chi connectivity index (χ2n) is 6.03. The van der Waals surface area contributed by atoms with Gasteiger partial charge in [0.2, 0.25) is 5.95 Å². The molecule has 0 aliphatic carbocycles. The zero-order valence-electron chi connectivity index (χ0n) is 15.2. The molecular formula is C20H17F3N4O. The van der Waals surface area contributed by atoms with E-state index >= 15 is 0 Å². The molecule has 144 valence electrons. The summed E-state index contributed by atoms with van der Waals surface area (Å²) in [6.07, 6.45) is 0.789. The van der Waals surface area contributed by atoms with Crippen LogP contribution in [0.2, 0.25) is 0 Å². The van der Waals surface area contributed by atoms with E-state index in [-0.39, 0.29) is 11.6 Å². The Labute approximate surface area is 159 Å². The first-order valence-corrected chi connectivity index (χ1v) is 8.54. The van der Waals surface area contributed by atoms with Crippen LogP contribution in [0.1, 0.15) is 28.7 Å². The molecule has 28 heavy (non-hydrogen) atoms. The number of carbonyl (C=O) groups excluding carboxylic acids is 1. The Balaban J connectivity index is 1.87. The molecule has 0 atom stereocenters. The van der Waals surface area contributed by atoms with Crippen LogP contribution in [0.5, 0.6) is 0 Å². The lowest BCUT2D eigenvalue weighted by Gasteiger charge is -2.12. The fourth-order valence-electron chi connectivity index (χ4n) is 2.62. The number of hydrogen-bond acceptors (Lipinski definition) is 4. The third-order valence-electron chi connectivity index (χ3n) is 4.01. The lowest BCUT2D eigenvalue weighted by molar-refractivity contribution is 0.102. The van der Waals surface area contributed by atoms with Crippen LogP contribution in [0.15, 0.2) is 42.5 Å². The van der Waals surface area contributed by atoms with Crippen LogP contribution >= 0.6 is 0 Å². The maximum atomic E-state index is 13.8. The SMILES string of the molecule is CCc1ccccc1Nc1nc(C)cc(C(=O)Nc2ccc(F)c(F)c2F)n1. The van der Waals surface area contributed by atoms with Crippen molar-refractivity contribution in [3.05, 3.63) is 76.9 Å². The quantitative estimate of drug-likeness (QED) is 0.621. The maximum Gasteiger partial charge on any atom is 0.274 e. The van der Waals surface area contributed by atoms with Crippen LogP contribution in [0.25, 0.3) is 0 Å². The van der Waals surface area contributed by atoms with Crippen molar-refractivity contribution in [2.45, 2.75) is 20.3 Å². The molecule has 3 rings (SSSR count). The van der Waals surface area contributed by atoms with Crippen LogP contribution in [-0.2, 0) is 6.42 Å². The number of amides is 1. The molecule has 5 nitrogen and oxygen atoms in total. The molecule has 2 aromatic carbocycles. The highest BCUT2D eigenvalue weighted by Crippen LogP contribution is 2.22. The van der Waals surface area contributed by atoms with Crippen molar-refractivity contribution in [3.8, 4) is 0 Å². The Morgan fingerprint density at radius 1 is 1.00 bits per heavy atom. The largest absolute Gasteiger partial charge is 0.324 e. The molecule has 0 radical (unpaired) electrons. The van der Waals surface area contributed by atoms with Gasteiger partial charge in [0, 0.05) is 11.4 Å². The monoisotopic (exact) mass is 386 g/mol. The average molecular weight is 386 g/mol. The van der Waals surface area contributed by atoms with Gasteiger partial charge in [-0.3, -0.25) is 4.79 Å². The lowest BCUT2D eigenvalue weighted by Crippen LogP contribution is -2.17. The summed E-state index contributed by atoms with van der Waals surface area (Å²) in [6.45, 7) is 3.68. The molecule has 1 heterocycles. The van der Waals surface area contributed by atoms with Gasteiger partial charge >= 0.3 is 0 Å². The number of aromatic nitrogens is 2. The molecular weight excluding hydrogens is 369 g/mol. The smallest absolute Gasteiger partial charge is 0.274 e. The summed E-state index contributed by atoms with van der Waals surface area (Å²) < 4.78 is 40.2. The molecule has 0 saturated carbocycles. The van der Waals surface area contributed by atoms with Crippen LogP contribution in [0.3, 0.4) is 0 Å². The maximum absolute atomic E-state index is 13.8. The third kappa shape index (κ3) is 4.11. The minimum absolute atomic E-state index is 0.0480. The van der Waals surface area contributed by atoms with Crippen LogP contribution in [0, 0.1) is 24.4 Å². The summed E-state index contributed by atoms with van der Waals surface area (Å²) >= 11 is 0. The summed E-state index contributed by atoms with van der Waals surface area (Å²) in [7, 11) is 0. The molecule has 0 aliphatic rings. The molecule has 0 unspecified atom stereocenters. The van der Waals surface area contributed by atoms with E-state index in [1.54, 1.807) is 6.92 Å². The third-order valence-corrected chi connectivity index (χ3v) is 4.01. The van der Waals surface area contributed by atoms with Crippen molar-refractivity contribution in [2.24, 2.45) is 0 Å². The number of rotatable bonds is 5. The summed E-state index contributed by atoms with van der Waals surface area (Å²) in [5.41, 5.74) is 1.82. The van der Waals surface area contributed by atoms with Crippen LogP contribution < -0.4 is 10.6 Å². The van der Waals surface area contributed by atoms with Crippen molar-refractivity contribution in [2.75, 3.05) is 10.6 Å². The number of hydrogen-bond donors (Lipinski definition) is 2. The van der Waals surface area contributed by atoms with Gasteiger partial charge in [0.1, 0.15) is 5.69 Å². The highest BCUT2D eigenvalue weighted by atomic mass is 19.2. The molecule has 0 spiro atoms. The molecule has 8 heteroatoms. The first-order valence-electron chi connectivity index (χ1n) is 8.54. The van der Waals surface area contributed by atoms with E-state index < -0.39 is 29.0 Å². The van der Waals surface area contributed by atoms with Crippen molar-refractivity contribution < 1.29 is 18.0 Å². The molecule has 1 amide bonds. The minimum atomic E-state index is -1.66. The number of aryl methyl sites for hydroxylation is 2. The Bertz CT molecular complexity index is 1040. The Morgan fingerprint density at radius 3 is 2.50 bits per heavy atom. The fourth-order valence-corrected chi connectivity index (χ4v) is 2.62. The molecule has 0 bridgehead atoms. The summed E-state index contributed by atoms with van der Waals surface area (Å²) in [4.78, 5) is 20.8. The van der Waals surface area contributed by atoms with Gasteiger partial charge < -0.3 is 10.6 Å². The second-order valence-corrected chi connectivity index (χ2v) is 6.03. The predicted molar refractivity (Wildman–Crippen MR) is 100 cm³/mol. The van der Waals surface area contributed by atoms with E-state index in [1.807, 2.05) is 31.2 Å². The fraction of sp³-hybridized carbons (Fsp3) is 0.150. The number of benzene rings is 2. The minimum Gasteiger partial charge on any atom is -0.324 e. The Hall–Kier alpha value is -3.42. The highest BCUT2D eigenvalue weighted by Gasteiger charge is 2.17. The highest BCUT2D eigenvalue weighted by molar-refractivity contribution is 6.03. The Kier molecular flexibility index (Phi) is 5.58. The number of halogens is 3. The van der Waals surface area contributed by atoms with Crippen molar-refractivity contribution in [1.29, 1.82) is 0 Å². The lowest BCUT2D eigenvalue weighted by atomic mass is 10.1. The molecule has 3 aromatic rings. The van der Waals surface area contributed by atoms with Gasteiger partial charge in [0.15, 0.2) is 17.5 Å². The van der Waals surface area contributed by atoms with Gasteiger partial charge in [-0.05, 0) is 43.2 Å². The van der Waals surface area contributed by atoms with Gasteiger partial charge in [-0.2, -0.15) is 0 Å². The van der Waals surface area contributed by atoms with Crippen LogP contribution in [-0.4, -0.2) is 15.9 Å². The first kappa shape index (κ1) is 19.3. The van der Waals surface area contributed by atoms with E-state index in [4.69, 9.17) is 0 Å².